The van der Waals surface area contributed by atoms with Gasteiger partial charge in [-0.05, 0) is 50.1 Å². The highest BCUT2D eigenvalue weighted by Gasteiger charge is 1.99. The van der Waals surface area contributed by atoms with Gasteiger partial charge in [-0.3, -0.25) is 9.78 Å². The molecule has 0 N–H and O–H groups in total. The third-order valence-electron chi connectivity index (χ3n) is 2.07. The fourth-order valence-corrected chi connectivity index (χ4v) is 1.91. The van der Waals surface area contributed by atoms with Crippen molar-refractivity contribution in [2.75, 3.05) is 0 Å². The average molecular weight is 344 g/mol. The topological polar surface area (TPSA) is 34.9 Å². The van der Waals surface area contributed by atoms with Gasteiger partial charge in [-0.25, -0.2) is 0 Å². The maximum atomic E-state index is 11.5. The number of hydrogen-bond acceptors (Lipinski definition) is 2. The molecule has 0 aliphatic heterocycles. The first-order valence-electron chi connectivity index (χ1n) is 4.61. The second-order valence-electron chi connectivity index (χ2n) is 3.28. The van der Waals surface area contributed by atoms with E-state index >= 15 is 0 Å². The number of rotatable bonds is 2. The highest BCUT2D eigenvalue weighted by Crippen LogP contribution is 2.09. The molecule has 0 saturated heterocycles. The molecule has 3 nitrogen and oxygen atoms in total. The Morgan fingerprint density at radius 1 is 1.12 bits per heavy atom. The van der Waals surface area contributed by atoms with Crippen molar-refractivity contribution in [1.82, 2.24) is 9.55 Å². The number of halogens is 2. The first kappa shape index (κ1) is 11.5. The summed E-state index contributed by atoms with van der Waals surface area (Å²) in [5.41, 5.74) is 0.816. The SMILES string of the molecule is O=c1ccc(Br)cn1Cc1ccc(Br)cn1. The summed E-state index contributed by atoms with van der Waals surface area (Å²) in [7, 11) is 0. The van der Waals surface area contributed by atoms with Crippen molar-refractivity contribution in [3.8, 4) is 0 Å². The molecule has 0 spiro atoms. The van der Waals surface area contributed by atoms with Gasteiger partial charge in [0.05, 0.1) is 12.2 Å². The van der Waals surface area contributed by atoms with Crippen LogP contribution in [0.4, 0.5) is 0 Å². The van der Waals surface area contributed by atoms with Crippen LogP contribution in [0.25, 0.3) is 0 Å². The molecule has 0 unspecified atom stereocenters. The van der Waals surface area contributed by atoms with Gasteiger partial charge in [-0.1, -0.05) is 0 Å². The highest BCUT2D eigenvalue weighted by atomic mass is 79.9. The number of hydrogen-bond donors (Lipinski definition) is 0. The molecule has 0 amide bonds. The van der Waals surface area contributed by atoms with E-state index < -0.39 is 0 Å². The highest BCUT2D eigenvalue weighted by molar-refractivity contribution is 9.10. The Balaban J connectivity index is 2.30. The van der Waals surface area contributed by atoms with Gasteiger partial charge in [-0.15, -0.1) is 0 Å². The third-order valence-corrected chi connectivity index (χ3v) is 3.01. The lowest BCUT2D eigenvalue weighted by Crippen LogP contribution is -2.19. The minimum Gasteiger partial charge on any atom is -0.308 e. The third kappa shape index (κ3) is 2.80. The minimum atomic E-state index is -0.0343. The summed E-state index contributed by atoms with van der Waals surface area (Å²) in [5, 5.41) is 0. The first-order valence-corrected chi connectivity index (χ1v) is 6.20. The predicted octanol–water partition coefficient (Wildman–Crippen LogP) is 2.82. The van der Waals surface area contributed by atoms with E-state index in [2.05, 4.69) is 36.8 Å². The Morgan fingerprint density at radius 3 is 2.56 bits per heavy atom. The Kier molecular flexibility index (Phi) is 3.56. The fraction of sp³-hybridized carbons (Fsp3) is 0.0909. The molecule has 16 heavy (non-hydrogen) atoms. The lowest BCUT2D eigenvalue weighted by molar-refractivity contribution is 0.736. The molecule has 2 aromatic rings. The monoisotopic (exact) mass is 342 g/mol. The van der Waals surface area contributed by atoms with E-state index in [4.69, 9.17) is 0 Å². The summed E-state index contributed by atoms with van der Waals surface area (Å²) in [5.74, 6) is 0. The predicted molar refractivity (Wildman–Crippen MR) is 69.4 cm³/mol. The largest absolute Gasteiger partial charge is 0.308 e. The van der Waals surface area contributed by atoms with Crippen LogP contribution >= 0.6 is 31.9 Å². The van der Waals surface area contributed by atoms with E-state index in [0.29, 0.717) is 6.54 Å². The van der Waals surface area contributed by atoms with E-state index in [9.17, 15) is 4.79 Å². The van der Waals surface area contributed by atoms with Crippen molar-refractivity contribution in [2.45, 2.75) is 6.54 Å². The van der Waals surface area contributed by atoms with Gasteiger partial charge < -0.3 is 4.57 Å². The van der Waals surface area contributed by atoms with Crippen LogP contribution in [-0.4, -0.2) is 9.55 Å². The van der Waals surface area contributed by atoms with Crippen LogP contribution in [0.2, 0.25) is 0 Å². The molecule has 0 bridgehead atoms. The van der Waals surface area contributed by atoms with Crippen LogP contribution in [0, 0.1) is 0 Å². The molecule has 5 heteroatoms. The van der Waals surface area contributed by atoms with Gasteiger partial charge >= 0.3 is 0 Å². The van der Waals surface area contributed by atoms with E-state index in [-0.39, 0.29) is 5.56 Å². The molecule has 0 aromatic carbocycles. The van der Waals surface area contributed by atoms with E-state index in [0.717, 1.165) is 14.6 Å². The molecule has 2 heterocycles. The van der Waals surface area contributed by atoms with Crippen LogP contribution in [0.3, 0.4) is 0 Å². The van der Waals surface area contributed by atoms with Crippen LogP contribution in [0.5, 0.6) is 0 Å². The summed E-state index contributed by atoms with van der Waals surface area (Å²) in [6, 6.07) is 7.06. The van der Waals surface area contributed by atoms with Gasteiger partial charge in [-0.2, -0.15) is 0 Å². The molecule has 0 atom stereocenters. The van der Waals surface area contributed by atoms with Gasteiger partial charge in [0, 0.05) is 27.4 Å². The Hall–Kier alpha value is -0.940. The molecule has 82 valence electrons. The second kappa shape index (κ2) is 4.93. The quantitative estimate of drug-likeness (QED) is 0.840. The van der Waals surface area contributed by atoms with E-state index in [1.807, 2.05) is 12.1 Å². The van der Waals surface area contributed by atoms with Crippen LogP contribution < -0.4 is 5.56 Å². The summed E-state index contributed by atoms with van der Waals surface area (Å²) in [6.45, 7) is 0.478. The van der Waals surface area contributed by atoms with Crippen molar-refractivity contribution < 1.29 is 0 Å². The zero-order chi connectivity index (χ0) is 11.5. The molecule has 0 aliphatic carbocycles. The standard InChI is InChI=1S/C11H8Br2N2O/c12-8-1-3-10(14-5-8)7-15-6-9(13)2-4-11(15)16/h1-6H,7H2. The first-order chi connectivity index (χ1) is 7.65. The van der Waals surface area contributed by atoms with Crippen molar-refractivity contribution in [3.63, 3.8) is 0 Å². The number of nitrogens with zero attached hydrogens (tertiary/aromatic N) is 2. The molecule has 0 saturated carbocycles. The Labute approximate surface area is 109 Å². The van der Waals surface area contributed by atoms with Crippen LogP contribution in [-0.2, 0) is 6.54 Å². The molecule has 2 rings (SSSR count). The molecule has 0 radical (unpaired) electrons. The van der Waals surface area contributed by atoms with Crippen LogP contribution in [0.15, 0.2) is 50.4 Å². The summed E-state index contributed by atoms with van der Waals surface area (Å²) < 4.78 is 3.42. The zero-order valence-corrected chi connectivity index (χ0v) is 11.4. The Bertz CT molecular complexity index is 549. The van der Waals surface area contributed by atoms with Gasteiger partial charge in [0.15, 0.2) is 0 Å². The Morgan fingerprint density at radius 2 is 1.88 bits per heavy atom. The number of aromatic nitrogens is 2. The number of pyridine rings is 2. The normalized spacial score (nSPS) is 10.4. The zero-order valence-electron chi connectivity index (χ0n) is 8.23. The maximum Gasteiger partial charge on any atom is 0.250 e. The summed E-state index contributed by atoms with van der Waals surface area (Å²) in [6.07, 6.45) is 3.48. The molecule has 0 fully saturated rings. The average Bonchev–Trinajstić information content (AvgIpc) is 2.27. The summed E-state index contributed by atoms with van der Waals surface area (Å²) >= 11 is 6.65. The summed E-state index contributed by atoms with van der Waals surface area (Å²) in [4.78, 5) is 15.8. The maximum absolute atomic E-state index is 11.5. The molecule has 2 aromatic heterocycles. The van der Waals surface area contributed by atoms with E-state index in [1.165, 1.54) is 6.07 Å². The van der Waals surface area contributed by atoms with Gasteiger partial charge in [0.25, 0.3) is 5.56 Å². The second-order valence-corrected chi connectivity index (χ2v) is 5.11. The molecular weight excluding hydrogens is 336 g/mol. The van der Waals surface area contributed by atoms with Crippen molar-refractivity contribution >= 4 is 31.9 Å². The van der Waals surface area contributed by atoms with Crippen LogP contribution in [0.1, 0.15) is 5.69 Å². The fourth-order valence-electron chi connectivity index (χ4n) is 1.30. The molecule has 0 aliphatic rings. The molecular formula is C11H8Br2N2O. The van der Waals surface area contributed by atoms with Gasteiger partial charge in [0.1, 0.15) is 0 Å². The van der Waals surface area contributed by atoms with Gasteiger partial charge in [0.2, 0.25) is 0 Å². The van der Waals surface area contributed by atoms with Crippen molar-refractivity contribution in [3.05, 3.63) is 61.7 Å². The minimum absolute atomic E-state index is 0.0343. The lowest BCUT2D eigenvalue weighted by atomic mass is 10.3. The smallest absolute Gasteiger partial charge is 0.250 e. The van der Waals surface area contributed by atoms with Crippen molar-refractivity contribution in [1.29, 1.82) is 0 Å². The lowest BCUT2D eigenvalue weighted by Gasteiger charge is -2.05. The van der Waals surface area contributed by atoms with E-state index in [1.54, 1.807) is 23.0 Å². The van der Waals surface area contributed by atoms with Crippen molar-refractivity contribution in [2.24, 2.45) is 0 Å².